The number of allylic oxidation sites excluding steroid dienone is 2. The van der Waals surface area contributed by atoms with Gasteiger partial charge in [-0.2, -0.15) is 0 Å². The van der Waals surface area contributed by atoms with Gasteiger partial charge in [0, 0.05) is 5.92 Å². The molecule has 2 nitrogen and oxygen atoms in total. The first kappa shape index (κ1) is 11.2. The van der Waals surface area contributed by atoms with E-state index < -0.39 is 0 Å². The standard InChI is InChI=1S/C12H18O2/c1-4-6-9-7-11(9)12(14)10(5-2)8(3)13/h5,9,11H,4,6-7H2,1-3H3/b10-5+/t9-,11-/m0/s1. The predicted octanol–water partition coefficient (Wildman–Crippen LogP) is 2.53. The van der Waals surface area contributed by atoms with Gasteiger partial charge in [0.25, 0.3) is 0 Å². The van der Waals surface area contributed by atoms with Crippen LogP contribution in [0.2, 0.25) is 0 Å². The maximum atomic E-state index is 11.8. The molecule has 0 spiro atoms. The third kappa shape index (κ3) is 2.31. The van der Waals surface area contributed by atoms with Gasteiger partial charge in [0.15, 0.2) is 11.6 Å². The van der Waals surface area contributed by atoms with Crippen molar-refractivity contribution in [2.75, 3.05) is 0 Å². The van der Waals surface area contributed by atoms with Crippen LogP contribution in [0.5, 0.6) is 0 Å². The zero-order chi connectivity index (χ0) is 10.7. The zero-order valence-electron chi connectivity index (χ0n) is 9.17. The van der Waals surface area contributed by atoms with Crippen LogP contribution in [0.25, 0.3) is 0 Å². The average Bonchev–Trinajstić information content (AvgIpc) is 2.85. The molecule has 0 heterocycles. The maximum absolute atomic E-state index is 11.8. The molecule has 1 rings (SSSR count). The van der Waals surface area contributed by atoms with Crippen LogP contribution in [0.1, 0.15) is 40.0 Å². The van der Waals surface area contributed by atoms with Gasteiger partial charge in [0.2, 0.25) is 0 Å². The van der Waals surface area contributed by atoms with Gasteiger partial charge in [-0.15, -0.1) is 0 Å². The molecule has 0 amide bonds. The molecule has 0 N–H and O–H groups in total. The molecule has 0 aromatic heterocycles. The van der Waals surface area contributed by atoms with Gasteiger partial charge in [-0.05, 0) is 32.6 Å². The second-order valence-electron chi connectivity index (χ2n) is 4.01. The van der Waals surface area contributed by atoms with Crippen molar-refractivity contribution in [3.05, 3.63) is 11.6 Å². The minimum absolute atomic E-state index is 0.0680. The number of carbonyl (C=O) groups is 2. The van der Waals surface area contributed by atoms with Gasteiger partial charge in [0.1, 0.15) is 0 Å². The van der Waals surface area contributed by atoms with Crippen molar-refractivity contribution in [1.82, 2.24) is 0 Å². The highest BCUT2D eigenvalue weighted by atomic mass is 16.1. The third-order valence-electron chi connectivity index (χ3n) is 2.85. The van der Waals surface area contributed by atoms with Crippen LogP contribution in [-0.2, 0) is 9.59 Å². The van der Waals surface area contributed by atoms with Crippen molar-refractivity contribution in [1.29, 1.82) is 0 Å². The number of hydrogen-bond donors (Lipinski definition) is 0. The lowest BCUT2D eigenvalue weighted by Crippen LogP contribution is -2.12. The van der Waals surface area contributed by atoms with E-state index in [4.69, 9.17) is 0 Å². The molecule has 0 bridgehead atoms. The van der Waals surface area contributed by atoms with Gasteiger partial charge in [0.05, 0.1) is 5.57 Å². The summed E-state index contributed by atoms with van der Waals surface area (Å²) in [7, 11) is 0. The fourth-order valence-electron chi connectivity index (χ4n) is 1.98. The van der Waals surface area contributed by atoms with Crippen LogP contribution >= 0.6 is 0 Å². The van der Waals surface area contributed by atoms with E-state index in [2.05, 4.69) is 6.92 Å². The summed E-state index contributed by atoms with van der Waals surface area (Å²) in [5.41, 5.74) is 0.397. The Bertz CT molecular complexity index is 276. The lowest BCUT2D eigenvalue weighted by molar-refractivity contribution is -0.121. The summed E-state index contributed by atoms with van der Waals surface area (Å²) in [4.78, 5) is 22.9. The van der Waals surface area contributed by atoms with Crippen molar-refractivity contribution < 1.29 is 9.59 Å². The average molecular weight is 194 g/mol. The summed E-state index contributed by atoms with van der Waals surface area (Å²) in [5, 5.41) is 0. The summed E-state index contributed by atoms with van der Waals surface area (Å²) in [5.74, 6) is 0.657. The normalized spacial score (nSPS) is 26.1. The monoisotopic (exact) mass is 194 g/mol. The highest BCUT2D eigenvalue weighted by Gasteiger charge is 2.43. The fourth-order valence-corrected chi connectivity index (χ4v) is 1.98. The Morgan fingerprint density at radius 1 is 1.43 bits per heavy atom. The minimum Gasteiger partial charge on any atom is -0.294 e. The fraction of sp³-hybridized carbons (Fsp3) is 0.667. The van der Waals surface area contributed by atoms with Crippen LogP contribution in [0.4, 0.5) is 0 Å². The molecule has 0 radical (unpaired) electrons. The summed E-state index contributed by atoms with van der Waals surface area (Å²) in [6.07, 6.45) is 4.87. The highest BCUT2D eigenvalue weighted by molar-refractivity contribution is 6.20. The Balaban J connectivity index is 2.55. The van der Waals surface area contributed by atoms with E-state index in [9.17, 15) is 9.59 Å². The summed E-state index contributed by atoms with van der Waals surface area (Å²) in [6, 6.07) is 0. The van der Waals surface area contributed by atoms with Gasteiger partial charge in [-0.3, -0.25) is 9.59 Å². The first-order valence-electron chi connectivity index (χ1n) is 5.33. The number of hydrogen-bond acceptors (Lipinski definition) is 2. The predicted molar refractivity (Wildman–Crippen MR) is 56.0 cm³/mol. The Morgan fingerprint density at radius 3 is 2.50 bits per heavy atom. The molecule has 0 aromatic rings. The molecule has 1 aliphatic carbocycles. The number of ketones is 2. The summed E-state index contributed by atoms with van der Waals surface area (Å²) in [6.45, 7) is 5.34. The van der Waals surface area contributed by atoms with Crippen LogP contribution in [-0.4, -0.2) is 11.6 Å². The van der Waals surface area contributed by atoms with Gasteiger partial charge < -0.3 is 0 Å². The zero-order valence-corrected chi connectivity index (χ0v) is 9.17. The topological polar surface area (TPSA) is 34.1 Å². The van der Waals surface area contributed by atoms with Crippen molar-refractivity contribution >= 4 is 11.6 Å². The molecule has 78 valence electrons. The first-order chi connectivity index (χ1) is 6.61. The smallest absolute Gasteiger partial charge is 0.169 e. The molecular formula is C12H18O2. The second kappa shape index (κ2) is 4.54. The van der Waals surface area contributed by atoms with E-state index in [0.29, 0.717) is 11.5 Å². The van der Waals surface area contributed by atoms with Gasteiger partial charge in [-0.1, -0.05) is 19.4 Å². The van der Waals surface area contributed by atoms with Crippen molar-refractivity contribution in [2.45, 2.75) is 40.0 Å². The summed E-state index contributed by atoms with van der Waals surface area (Å²) >= 11 is 0. The Morgan fingerprint density at radius 2 is 2.07 bits per heavy atom. The molecule has 0 saturated heterocycles. The van der Waals surface area contributed by atoms with Crippen molar-refractivity contribution in [2.24, 2.45) is 11.8 Å². The number of Topliss-reactive ketones (excluding diaryl/α,β-unsaturated/α-hetero) is 2. The highest BCUT2D eigenvalue weighted by Crippen LogP contribution is 2.43. The van der Waals surface area contributed by atoms with Gasteiger partial charge in [-0.25, -0.2) is 0 Å². The second-order valence-corrected chi connectivity index (χ2v) is 4.01. The van der Waals surface area contributed by atoms with Crippen LogP contribution in [0.15, 0.2) is 11.6 Å². The Hall–Kier alpha value is -0.920. The Kier molecular flexibility index (Phi) is 3.62. The minimum atomic E-state index is -0.0975. The van der Waals surface area contributed by atoms with E-state index in [0.717, 1.165) is 19.3 Å². The Labute approximate surface area is 85.4 Å². The van der Waals surface area contributed by atoms with E-state index in [1.54, 1.807) is 13.0 Å². The molecule has 2 heteroatoms. The quantitative estimate of drug-likeness (QED) is 0.383. The molecule has 2 atom stereocenters. The molecule has 0 aromatic carbocycles. The molecular weight excluding hydrogens is 176 g/mol. The molecule has 0 aliphatic heterocycles. The third-order valence-corrected chi connectivity index (χ3v) is 2.85. The number of carbonyl (C=O) groups excluding carboxylic acids is 2. The largest absolute Gasteiger partial charge is 0.294 e. The lowest BCUT2D eigenvalue weighted by atomic mass is 10.0. The lowest BCUT2D eigenvalue weighted by Gasteiger charge is -2.00. The molecule has 1 saturated carbocycles. The number of rotatable bonds is 5. The molecule has 14 heavy (non-hydrogen) atoms. The molecule has 1 fully saturated rings. The first-order valence-corrected chi connectivity index (χ1v) is 5.33. The van der Waals surface area contributed by atoms with Crippen LogP contribution < -0.4 is 0 Å². The molecule has 0 unspecified atom stereocenters. The van der Waals surface area contributed by atoms with E-state index in [1.165, 1.54) is 6.92 Å². The van der Waals surface area contributed by atoms with Crippen LogP contribution in [0, 0.1) is 11.8 Å². The SMILES string of the molecule is C/C=C(\C(C)=O)C(=O)[C@H]1C[C@@H]1CCC. The van der Waals surface area contributed by atoms with E-state index >= 15 is 0 Å². The van der Waals surface area contributed by atoms with Crippen LogP contribution in [0.3, 0.4) is 0 Å². The van der Waals surface area contributed by atoms with E-state index in [-0.39, 0.29) is 17.5 Å². The molecule has 1 aliphatic rings. The summed E-state index contributed by atoms with van der Waals surface area (Å²) < 4.78 is 0. The van der Waals surface area contributed by atoms with E-state index in [1.807, 2.05) is 0 Å². The van der Waals surface area contributed by atoms with Gasteiger partial charge >= 0.3 is 0 Å². The van der Waals surface area contributed by atoms with Crippen molar-refractivity contribution in [3.8, 4) is 0 Å². The van der Waals surface area contributed by atoms with Crippen molar-refractivity contribution in [3.63, 3.8) is 0 Å². The maximum Gasteiger partial charge on any atom is 0.169 e.